The molecule has 0 bridgehead atoms. The number of fused-ring (bicyclic) bond motifs is 1. The molecule has 0 saturated heterocycles. The van der Waals surface area contributed by atoms with Gasteiger partial charge in [-0.3, -0.25) is 0 Å². The van der Waals surface area contributed by atoms with Crippen LogP contribution in [0.2, 0.25) is 10.0 Å². The maximum atomic E-state index is 10.7. The number of carboxylic acid groups (broad SMARTS) is 1. The maximum absolute atomic E-state index is 10.7. The summed E-state index contributed by atoms with van der Waals surface area (Å²) < 4.78 is 1.94. The van der Waals surface area contributed by atoms with Crippen LogP contribution in [0.15, 0.2) is 54.9 Å². The number of nitrogens with zero attached hydrogens (tertiary/aromatic N) is 1. The van der Waals surface area contributed by atoms with Crippen LogP contribution >= 0.6 is 23.2 Å². The van der Waals surface area contributed by atoms with Crippen LogP contribution in [0.4, 0.5) is 0 Å². The van der Waals surface area contributed by atoms with Crippen molar-refractivity contribution in [3.05, 3.63) is 76.0 Å². The number of aromatic carboxylic acids is 1. The van der Waals surface area contributed by atoms with E-state index in [9.17, 15) is 4.79 Å². The zero-order chi connectivity index (χ0) is 16.1. The largest absolute Gasteiger partial charge is 0.478 e. The summed E-state index contributed by atoms with van der Waals surface area (Å²) >= 11 is 11.1. The second-order valence-electron chi connectivity index (χ2n) is 4.69. The van der Waals surface area contributed by atoms with Crippen molar-refractivity contribution in [3.63, 3.8) is 0 Å². The molecule has 0 aliphatic carbocycles. The van der Waals surface area contributed by atoms with Gasteiger partial charge in [-0.1, -0.05) is 36.2 Å². The molecule has 0 aliphatic heterocycles. The highest BCUT2D eigenvalue weighted by atomic mass is 35.5. The number of aryl methyl sites for hydroxylation is 1. The maximum Gasteiger partial charge on any atom is 0.335 e. The molecule has 1 N–H and O–H groups in total. The lowest BCUT2D eigenvalue weighted by Crippen LogP contribution is -1.96. The standard InChI is InChI=1S/C11H11NO2.C6H4Cl2/c1-2-8-5-10-6-9(11(13)14)3-4-12(10)7-8;7-5-2-1-3-6(8)4-5/h3-7H,2H2,1H3,(H,13,14);1-4H. The minimum Gasteiger partial charge on any atom is -0.478 e. The lowest BCUT2D eigenvalue weighted by atomic mass is 10.2. The monoisotopic (exact) mass is 335 g/mol. The summed E-state index contributed by atoms with van der Waals surface area (Å²) in [5, 5.41) is 10.2. The average molecular weight is 336 g/mol. The zero-order valence-corrected chi connectivity index (χ0v) is 13.5. The van der Waals surface area contributed by atoms with E-state index in [0.717, 1.165) is 11.9 Å². The molecule has 3 nitrogen and oxygen atoms in total. The molecule has 0 radical (unpaired) electrons. The Morgan fingerprint density at radius 1 is 1.14 bits per heavy atom. The molecule has 0 unspecified atom stereocenters. The first-order valence-corrected chi connectivity index (χ1v) is 7.50. The molecular weight excluding hydrogens is 321 g/mol. The molecule has 22 heavy (non-hydrogen) atoms. The van der Waals surface area contributed by atoms with E-state index in [1.807, 2.05) is 22.7 Å². The third kappa shape index (κ3) is 4.26. The van der Waals surface area contributed by atoms with Crippen LogP contribution in [-0.2, 0) is 6.42 Å². The van der Waals surface area contributed by atoms with Gasteiger partial charge in [-0.05, 0) is 48.4 Å². The fourth-order valence-corrected chi connectivity index (χ4v) is 2.39. The van der Waals surface area contributed by atoms with Gasteiger partial charge in [0.15, 0.2) is 0 Å². The van der Waals surface area contributed by atoms with Crippen LogP contribution in [0.3, 0.4) is 0 Å². The molecule has 2 heterocycles. The number of carboxylic acids is 1. The molecule has 3 rings (SSSR count). The highest BCUT2D eigenvalue weighted by Gasteiger charge is 2.04. The molecule has 0 atom stereocenters. The Labute approximate surface area is 138 Å². The van der Waals surface area contributed by atoms with Crippen LogP contribution in [0.5, 0.6) is 0 Å². The Balaban J connectivity index is 0.000000188. The Bertz CT molecular complexity index is 779. The summed E-state index contributed by atoms with van der Waals surface area (Å²) in [6, 6.07) is 12.4. The molecule has 1 aromatic carbocycles. The van der Waals surface area contributed by atoms with E-state index in [-0.39, 0.29) is 0 Å². The van der Waals surface area contributed by atoms with Crippen LogP contribution < -0.4 is 0 Å². The first kappa shape index (κ1) is 16.4. The van der Waals surface area contributed by atoms with Crippen molar-refractivity contribution in [2.24, 2.45) is 0 Å². The van der Waals surface area contributed by atoms with Crippen LogP contribution in [0.25, 0.3) is 5.52 Å². The van der Waals surface area contributed by atoms with E-state index in [2.05, 4.69) is 6.92 Å². The average Bonchev–Trinajstić information content (AvgIpc) is 2.89. The minimum atomic E-state index is -0.883. The second-order valence-corrected chi connectivity index (χ2v) is 5.57. The van der Waals surface area contributed by atoms with Crippen molar-refractivity contribution in [1.29, 1.82) is 0 Å². The Kier molecular flexibility index (Phi) is 5.47. The number of aromatic nitrogens is 1. The van der Waals surface area contributed by atoms with Crippen molar-refractivity contribution in [3.8, 4) is 0 Å². The Morgan fingerprint density at radius 3 is 2.32 bits per heavy atom. The van der Waals surface area contributed by atoms with Gasteiger partial charge < -0.3 is 9.51 Å². The smallest absolute Gasteiger partial charge is 0.335 e. The Hall–Kier alpha value is -1.97. The molecule has 0 fully saturated rings. The molecule has 2 aromatic heterocycles. The number of rotatable bonds is 2. The van der Waals surface area contributed by atoms with Crippen LogP contribution in [-0.4, -0.2) is 15.5 Å². The van der Waals surface area contributed by atoms with Crippen molar-refractivity contribution >= 4 is 34.7 Å². The fraction of sp³-hybridized carbons (Fsp3) is 0.118. The Morgan fingerprint density at radius 2 is 1.82 bits per heavy atom. The van der Waals surface area contributed by atoms with Gasteiger partial charge in [-0.25, -0.2) is 4.79 Å². The van der Waals surface area contributed by atoms with Gasteiger partial charge in [0.25, 0.3) is 0 Å². The van der Waals surface area contributed by atoms with Gasteiger partial charge in [0, 0.05) is 28.0 Å². The number of halogens is 2. The van der Waals surface area contributed by atoms with Gasteiger partial charge in [0.05, 0.1) is 5.56 Å². The first-order chi connectivity index (χ1) is 10.5. The molecule has 0 amide bonds. The van der Waals surface area contributed by atoms with Gasteiger partial charge in [-0.2, -0.15) is 0 Å². The lowest BCUT2D eigenvalue weighted by Gasteiger charge is -1.96. The molecule has 0 spiro atoms. The highest BCUT2D eigenvalue weighted by molar-refractivity contribution is 6.34. The molecule has 0 aliphatic rings. The van der Waals surface area contributed by atoms with E-state index in [1.165, 1.54) is 5.56 Å². The number of benzene rings is 1. The topological polar surface area (TPSA) is 41.7 Å². The molecule has 3 aromatic rings. The van der Waals surface area contributed by atoms with Crippen molar-refractivity contribution < 1.29 is 9.90 Å². The predicted molar refractivity (Wildman–Crippen MR) is 90.2 cm³/mol. The van der Waals surface area contributed by atoms with E-state index in [0.29, 0.717) is 15.6 Å². The quantitative estimate of drug-likeness (QED) is 0.699. The number of carbonyl (C=O) groups is 1. The molecule has 114 valence electrons. The second kappa shape index (κ2) is 7.34. The number of hydrogen-bond acceptors (Lipinski definition) is 1. The van der Waals surface area contributed by atoms with E-state index >= 15 is 0 Å². The van der Waals surface area contributed by atoms with E-state index < -0.39 is 5.97 Å². The SMILES string of the molecule is CCc1cc2cc(C(=O)O)ccn2c1.Clc1cccc(Cl)c1. The number of pyridine rings is 1. The third-order valence-corrected chi connectivity index (χ3v) is 3.57. The van der Waals surface area contributed by atoms with Crippen LogP contribution in [0, 0.1) is 0 Å². The summed E-state index contributed by atoms with van der Waals surface area (Å²) in [6.45, 7) is 2.08. The van der Waals surface area contributed by atoms with Crippen LogP contribution in [0.1, 0.15) is 22.8 Å². The summed E-state index contributed by atoms with van der Waals surface area (Å²) in [4.78, 5) is 10.7. The van der Waals surface area contributed by atoms with Gasteiger partial charge >= 0.3 is 5.97 Å². The van der Waals surface area contributed by atoms with E-state index in [4.69, 9.17) is 28.3 Å². The lowest BCUT2D eigenvalue weighted by molar-refractivity contribution is 0.0697. The highest BCUT2D eigenvalue weighted by Crippen LogP contribution is 2.14. The summed E-state index contributed by atoms with van der Waals surface area (Å²) in [6.07, 6.45) is 4.75. The van der Waals surface area contributed by atoms with Gasteiger partial charge in [0.2, 0.25) is 0 Å². The number of hydrogen-bond donors (Lipinski definition) is 1. The molecular formula is C17H15Cl2NO2. The molecule has 5 heteroatoms. The van der Waals surface area contributed by atoms with Crippen molar-refractivity contribution in [2.75, 3.05) is 0 Å². The summed E-state index contributed by atoms with van der Waals surface area (Å²) in [7, 11) is 0. The predicted octanol–water partition coefficient (Wildman–Crippen LogP) is 5.19. The van der Waals surface area contributed by atoms with Gasteiger partial charge in [0.1, 0.15) is 0 Å². The van der Waals surface area contributed by atoms with E-state index in [1.54, 1.807) is 36.5 Å². The van der Waals surface area contributed by atoms with Gasteiger partial charge in [-0.15, -0.1) is 0 Å². The molecule has 0 saturated carbocycles. The minimum absolute atomic E-state index is 0.332. The summed E-state index contributed by atoms with van der Waals surface area (Å²) in [5.74, 6) is -0.883. The first-order valence-electron chi connectivity index (χ1n) is 6.74. The van der Waals surface area contributed by atoms with Crippen molar-refractivity contribution in [1.82, 2.24) is 4.40 Å². The summed E-state index contributed by atoms with van der Waals surface area (Å²) in [5.41, 5.74) is 2.48. The zero-order valence-electron chi connectivity index (χ0n) is 12.0. The van der Waals surface area contributed by atoms with Crippen molar-refractivity contribution in [2.45, 2.75) is 13.3 Å². The fourth-order valence-electron chi connectivity index (χ4n) is 1.95. The third-order valence-electron chi connectivity index (χ3n) is 3.10. The normalized spacial score (nSPS) is 10.1.